The molecule has 0 spiro atoms. The van der Waals surface area contributed by atoms with Gasteiger partial charge < -0.3 is 10.1 Å². The van der Waals surface area contributed by atoms with E-state index in [4.69, 9.17) is 4.74 Å². The fourth-order valence-corrected chi connectivity index (χ4v) is 5.70. The van der Waals surface area contributed by atoms with E-state index in [9.17, 15) is 4.79 Å². The number of thiophene rings is 1. The fourth-order valence-electron chi connectivity index (χ4n) is 3.94. The minimum Gasteiger partial charge on any atom is -0.497 e. The van der Waals surface area contributed by atoms with Crippen molar-refractivity contribution < 1.29 is 9.53 Å². The zero-order chi connectivity index (χ0) is 21.5. The van der Waals surface area contributed by atoms with Gasteiger partial charge >= 0.3 is 0 Å². The van der Waals surface area contributed by atoms with E-state index < -0.39 is 0 Å². The molecule has 0 aliphatic carbocycles. The Kier molecular flexibility index (Phi) is 7.67. The summed E-state index contributed by atoms with van der Waals surface area (Å²) in [6.07, 6.45) is 2.42. The Hall–Kier alpha value is -2.28. The first kappa shape index (κ1) is 21.9. The third-order valence-corrected chi connectivity index (χ3v) is 7.52. The molecule has 1 saturated heterocycles. The summed E-state index contributed by atoms with van der Waals surface area (Å²) in [6.45, 7) is 2.73. The van der Waals surface area contributed by atoms with Gasteiger partial charge in [-0.1, -0.05) is 24.3 Å². The summed E-state index contributed by atoms with van der Waals surface area (Å²) in [6, 6.07) is 18.4. The number of hydrogen-bond acceptors (Lipinski definition) is 5. The van der Waals surface area contributed by atoms with Gasteiger partial charge in [0.2, 0.25) is 0 Å². The number of carbonyl (C=O) groups excluding carboxylic acids is 1. The molecule has 1 aliphatic heterocycles. The molecule has 0 radical (unpaired) electrons. The Bertz CT molecular complexity index is 967. The van der Waals surface area contributed by atoms with Crippen LogP contribution in [-0.2, 0) is 5.75 Å². The van der Waals surface area contributed by atoms with Crippen LogP contribution in [0.4, 0.5) is 0 Å². The maximum absolute atomic E-state index is 13.1. The molecule has 1 atom stereocenters. The maximum Gasteiger partial charge on any atom is 0.252 e. The van der Waals surface area contributed by atoms with Crippen molar-refractivity contribution in [2.45, 2.75) is 29.5 Å². The number of likely N-dealkylation sites (tertiary alicyclic amines) is 1. The monoisotopic (exact) mass is 452 g/mol. The highest BCUT2D eigenvalue weighted by Crippen LogP contribution is 2.29. The van der Waals surface area contributed by atoms with Gasteiger partial charge in [-0.25, -0.2) is 0 Å². The fraction of sp³-hybridized carbons (Fsp3) is 0.320. The zero-order valence-corrected chi connectivity index (χ0v) is 19.4. The van der Waals surface area contributed by atoms with Crippen molar-refractivity contribution in [3.63, 3.8) is 0 Å². The Labute approximate surface area is 192 Å². The maximum atomic E-state index is 13.1. The van der Waals surface area contributed by atoms with Gasteiger partial charge in [-0.15, -0.1) is 11.8 Å². The number of nitrogens with zero attached hydrogens (tertiary/aromatic N) is 1. The van der Waals surface area contributed by atoms with E-state index >= 15 is 0 Å². The summed E-state index contributed by atoms with van der Waals surface area (Å²) in [5.41, 5.74) is 3.25. The van der Waals surface area contributed by atoms with Crippen LogP contribution in [0, 0.1) is 0 Å². The van der Waals surface area contributed by atoms with Gasteiger partial charge in [-0.3, -0.25) is 9.69 Å². The van der Waals surface area contributed by atoms with E-state index in [1.165, 1.54) is 24.0 Å². The second-order valence-electron chi connectivity index (χ2n) is 7.66. The average molecular weight is 453 g/mol. The molecule has 6 heteroatoms. The molecule has 3 aromatic rings. The molecule has 31 heavy (non-hydrogen) atoms. The van der Waals surface area contributed by atoms with Gasteiger partial charge in [0.25, 0.3) is 5.91 Å². The third-order valence-electron chi connectivity index (χ3n) is 5.64. The highest BCUT2D eigenvalue weighted by atomic mass is 32.2. The number of methoxy groups -OCH3 is 1. The van der Waals surface area contributed by atoms with E-state index in [1.807, 2.05) is 36.4 Å². The van der Waals surface area contributed by atoms with E-state index in [1.54, 1.807) is 30.2 Å². The van der Waals surface area contributed by atoms with Crippen molar-refractivity contribution in [2.75, 3.05) is 26.7 Å². The molecule has 1 amide bonds. The zero-order valence-electron chi connectivity index (χ0n) is 17.8. The second kappa shape index (κ2) is 10.8. The van der Waals surface area contributed by atoms with Crippen LogP contribution in [0.1, 0.15) is 40.4 Å². The Morgan fingerprint density at radius 2 is 1.90 bits per heavy atom. The van der Waals surface area contributed by atoms with Crippen LogP contribution in [0.3, 0.4) is 0 Å². The van der Waals surface area contributed by atoms with Gasteiger partial charge in [-0.05, 0) is 78.2 Å². The van der Waals surface area contributed by atoms with Crippen molar-refractivity contribution in [1.82, 2.24) is 10.2 Å². The minimum absolute atomic E-state index is 0.00822. The number of hydrogen-bond donors (Lipinski definition) is 1. The topological polar surface area (TPSA) is 41.6 Å². The molecule has 1 N–H and O–H groups in total. The largest absolute Gasteiger partial charge is 0.497 e. The number of ether oxygens (including phenoxy) is 1. The Morgan fingerprint density at radius 1 is 1.13 bits per heavy atom. The molecule has 1 fully saturated rings. The highest BCUT2D eigenvalue weighted by Gasteiger charge is 2.24. The Balaban J connectivity index is 1.45. The van der Waals surface area contributed by atoms with Crippen LogP contribution < -0.4 is 10.1 Å². The molecular formula is C25H28N2O2S2. The SMILES string of the molecule is COc1ccc([C@@H](CNC(=O)c2ccccc2SCc2ccsc2)N2CCCC2)cc1. The summed E-state index contributed by atoms with van der Waals surface area (Å²) < 4.78 is 5.31. The lowest BCUT2D eigenvalue weighted by molar-refractivity contribution is 0.0935. The molecule has 0 bridgehead atoms. The first-order valence-electron chi connectivity index (χ1n) is 10.6. The predicted octanol–water partition coefficient (Wildman–Crippen LogP) is 5.62. The number of amides is 1. The average Bonchev–Trinajstić information content (AvgIpc) is 3.53. The summed E-state index contributed by atoms with van der Waals surface area (Å²) in [4.78, 5) is 16.6. The first-order chi connectivity index (χ1) is 15.2. The van der Waals surface area contributed by atoms with Crippen LogP contribution >= 0.6 is 23.1 Å². The van der Waals surface area contributed by atoms with Crippen molar-refractivity contribution in [3.8, 4) is 5.75 Å². The summed E-state index contributed by atoms with van der Waals surface area (Å²) in [7, 11) is 1.68. The lowest BCUT2D eigenvalue weighted by Crippen LogP contribution is -2.37. The van der Waals surface area contributed by atoms with E-state index in [2.05, 4.69) is 39.2 Å². The quantitative estimate of drug-likeness (QED) is 0.428. The second-order valence-corrected chi connectivity index (χ2v) is 9.46. The van der Waals surface area contributed by atoms with Gasteiger partial charge in [0.15, 0.2) is 0 Å². The van der Waals surface area contributed by atoms with Crippen molar-refractivity contribution >= 4 is 29.0 Å². The summed E-state index contributed by atoms with van der Waals surface area (Å²) in [5, 5.41) is 7.46. The molecule has 0 saturated carbocycles. The van der Waals surface area contributed by atoms with Crippen LogP contribution in [0.25, 0.3) is 0 Å². The molecule has 1 aromatic heterocycles. The molecule has 4 nitrogen and oxygen atoms in total. The van der Waals surface area contributed by atoms with Gasteiger partial charge in [0.1, 0.15) is 5.75 Å². The first-order valence-corrected chi connectivity index (χ1v) is 12.6. The van der Waals surface area contributed by atoms with E-state index in [0.29, 0.717) is 6.54 Å². The van der Waals surface area contributed by atoms with Crippen molar-refractivity contribution in [3.05, 3.63) is 82.0 Å². The predicted molar refractivity (Wildman–Crippen MR) is 129 cm³/mol. The normalized spacial score (nSPS) is 15.0. The molecule has 1 aliphatic rings. The molecule has 2 heterocycles. The minimum atomic E-state index is -0.00822. The molecule has 162 valence electrons. The lowest BCUT2D eigenvalue weighted by atomic mass is 10.0. The van der Waals surface area contributed by atoms with Crippen LogP contribution in [0.15, 0.2) is 70.3 Å². The highest BCUT2D eigenvalue weighted by molar-refractivity contribution is 7.98. The van der Waals surface area contributed by atoms with Crippen molar-refractivity contribution in [1.29, 1.82) is 0 Å². The standard InChI is InChI=1S/C25H28N2O2S2/c1-29-21-10-8-20(9-11-21)23(27-13-4-5-14-27)16-26-25(28)22-6-2-3-7-24(22)31-18-19-12-15-30-17-19/h2-3,6-12,15,17,23H,4-5,13-14,16,18H2,1H3,(H,26,28)/t23-/m1/s1. The summed E-state index contributed by atoms with van der Waals surface area (Å²) in [5.74, 6) is 1.71. The smallest absolute Gasteiger partial charge is 0.252 e. The molecule has 2 aromatic carbocycles. The third kappa shape index (κ3) is 5.70. The number of thioether (sulfide) groups is 1. The Morgan fingerprint density at radius 3 is 2.61 bits per heavy atom. The molecular weight excluding hydrogens is 424 g/mol. The molecule has 0 unspecified atom stereocenters. The van der Waals surface area contributed by atoms with Crippen LogP contribution in [0.2, 0.25) is 0 Å². The van der Waals surface area contributed by atoms with Gasteiger partial charge in [0.05, 0.1) is 18.7 Å². The number of nitrogens with one attached hydrogen (secondary N) is 1. The number of rotatable bonds is 9. The van der Waals surface area contributed by atoms with Crippen LogP contribution in [-0.4, -0.2) is 37.6 Å². The lowest BCUT2D eigenvalue weighted by Gasteiger charge is -2.28. The number of carbonyl (C=O) groups is 1. The van der Waals surface area contributed by atoms with Gasteiger partial charge in [0, 0.05) is 17.2 Å². The number of benzene rings is 2. The molecule has 4 rings (SSSR count). The van der Waals surface area contributed by atoms with Crippen LogP contribution in [0.5, 0.6) is 5.75 Å². The van der Waals surface area contributed by atoms with Gasteiger partial charge in [-0.2, -0.15) is 11.3 Å². The van der Waals surface area contributed by atoms with Crippen molar-refractivity contribution in [2.24, 2.45) is 0 Å². The summed E-state index contributed by atoms with van der Waals surface area (Å²) >= 11 is 3.42. The van der Waals surface area contributed by atoms with E-state index in [-0.39, 0.29) is 11.9 Å². The van der Waals surface area contributed by atoms with E-state index in [0.717, 1.165) is 35.1 Å².